The summed E-state index contributed by atoms with van der Waals surface area (Å²) in [7, 11) is 0. The number of thiophene rings is 1. The van der Waals surface area contributed by atoms with E-state index in [9.17, 15) is 0 Å². The van der Waals surface area contributed by atoms with Crippen molar-refractivity contribution >= 4 is 27.3 Å². The minimum Gasteiger partial charge on any atom is -0.310 e. The summed E-state index contributed by atoms with van der Waals surface area (Å²) in [6.07, 6.45) is 0. The quantitative estimate of drug-likeness (QED) is 0.865. The maximum atomic E-state index is 3.47. The molecule has 0 saturated carbocycles. The lowest BCUT2D eigenvalue weighted by Gasteiger charge is -2.09. The molecule has 0 aliphatic heterocycles. The Balaban J connectivity index is 2.21. The molecule has 1 nitrogen and oxygen atoms in total. The molecule has 0 radical (unpaired) electrons. The Morgan fingerprint density at radius 1 is 1.18 bits per heavy atom. The molecule has 3 heteroatoms. The summed E-state index contributed by atoms with van der Waals surface area (Å²) in [6, 6.07) is 9.02. The molecular formula is C14H16BrNS. The zero-order valence-electron chi connectivity index (χ0n) is 10.0. The highest BCUT2D eigenvalue weighted by molar-refractivity contribution is 9.10. The molecule has 2 rings (SSSR count). The van der Waals surface area contributed by atoms with Gasteiger partial charge in [-0.05, 0) is 39.6 Å². The van der Waals surface area contributed by atoms with Gasteiger partial charge in [0.2, 0.25) is 0 Å². The summed E-state index contributed by atoms with van der Waals surface area (Å²) in [6.45, 7) is 5.28. The molecule has 17 heavy (non-hydrogen) atoms. The Morgan fingerprint density at radius 2 is 1.88 bits per heavy atom. The fourth-order valence-electron chi connectivity index (χ4n) is 1.66. The van der Waals surface area contributed by atoms with Crippen molar-refractivity contribution in [2.45, 2.75) is 26.4 Å². The molecule has 90 valence electrons. The molecule has 1 aromatic heterocycles. The molecule has 2 aromatic rings. The van der Waals surface area contributed by atoms with Gasteiger partial charge in [-0.3, -0.25) is 0 Å². The third-order valence-corrected chi connectivity index (χ3v) is 3.92. The second-order valence-corrected chi connectivity index (χ2v) is 6.01. The first-order chi connectivity index (χ1) is 8.16. The van der Waals surface area contributed by atoms with Crippen LogP contribution >= 0.6 is 27.3 Å². The van der Waals surface area contributed by atoms with Crippen molar-refractivity contribution in [2.75, 3.05) is 0 Å². The van der Waals surface area contributed by atoms with Crippen LogP contribution in [0.3, 0.4) is 0 Å². The van der Waals surface area contributed by atoms with Crippen LogP contribution in [0.1, 0.15) is 19.4 Å². The maximum Gasteiger partial charge on any atom is 0.0222 e. The number of nitrogens with one attached hydrogen (secondary N) is 1. The molecule has 0 aliphatic carbocycles. The second-order valence-electron chi connectivity index (χ2n) is 4.35. The van der Waals surface area contributed by atoms with Gasteiger partial charge in [0.1, 0.15) is 0 Å². The SMILES string of the molecule is CC(C)NCc1cscc1-c1ccc(Br)cc1. The van der Waals surface area contributed by atoms with Crippen molar-refractivity contribution in [3.63, 3.8) is 0 Å². The lowest BCUT2D eigenvalue weighted by atomic mass is 10.0. The monoisotopic (exact) mass is 309 g/mol. The Kier molecular flexibility index (Phi) is 4.37. The van der Waals surface area contributed by atoms with Gasteiger partial charge in [0.15, 0.2) is 0 Å². The van der Waals surface area contributed by atoms with Crippen molar-refractivity contribution < 1.29 is 0 Å². The highest BCUT2D eigenvalue weighted by Gasteiger charge is 2.06. The summed E-state index contributed by atoms with van der Waals surface area (Å²) < 4.78 is 1.12. The molecule has 0 spiro atoms. The van der Waals surface area contributed by atoms with Crippen LogP contribution in [-0.2, 0) is 6.54 Å². The molecule has 1 aromatic carbocycles. The summed E-state index contributed by atoms with van der Waals surface area (Å²) >= 11 is 5.23. The molecule has 0 aliphatic rings. The predicted octanol–water partition coefficient (Wildman–Crippen LogP) is 4.68. The van der Waals surface area contributed by atoms with E-state index in [4.69, 9.17) is 0 Å². The Bertz CT molecular complexity index is 473. The van der Waals surface area contributed by atoms with Crippen LogP contribution in [0.15, 0.2) is 39.5 Å². The minimum absolute atomic E-state index is 0.521. The molecule has 0 bridgehead atoms. The van der Waals surface area contributed by atoms with Crippen molar-refractivity contribution in [2.24, 2.45) is 0 Å². The van der Waals surface area contributed by atoms with E-state index in [-0.39, 0.29) is 0 Å². The van der Waals surface area contributed by atoms with Gasteiger partial charge in [-0.1, -0.05) is 41.9 Å². The molecule has 1 N–H and O–H groups in total. The van der Waals surface area contributed by atoms with E-state index < -0.39 is 0 Å². The molecule has 1 heterocycles. The Labute approximate surface area is 115 Å². The predicted molar refractivity (Wildman–Crippen MR) is 79.4 cm³/mol. The minimum atomic E-state index is 0.521. The van der Waals surface area contributed by atoms with Crippen LogP contribution in [0.4, 0.5) is 0 Å². The fourth-order valence-corrected chi connectivity index (χ4v) is 2.79. The van der Waals surface area contributed by atoms with Crippen LogP contribution in [0.5, 0.6) is 0 Å². The van der Waals surface area contributed by atoms with E-state index in [0.717, 1.165) is 11.0 Å². The van der Waals surface area contributed by atoms with Crippen LogP contribution in [0.25, 0.3) is 11.1 Å². The fraction of sp³-hybridized carbons (Fsp3) is 0.286. The van der Waals surface area contributed by atoms with Crippen molar-refractivity contribution in [3.05, 3.63) is 45.1 Å². The van der Waals surface area contributed by atoms with Gasteiger partial charge in [0, 0.05) is 17.1 Å². The van der Waals surface area contributed by atoms with Gasteiger partial charge < -0.3 is 5.32 Å². The van der Waals surface area contributed by atoms with E-state index in [1.807, 2.05) is 0 Å². The van der Waals surface area contributed by atoms with Gasteiger partial charge >= 0.3 is 0 Å². The van der Waals surface area contributed by atoms with E-state index in [0.29, 0.717) is 6.04 Å². The van der Waals surface area contributed by atoms with E-state index in [2.05, 4.69) is 70.1 Å². The number of rotatable bonds is 4. The average Bonchev–Trinajstić information content (AvgIpc) is 2.75. The largest absolute Gasteiger partial charge is 0.310 e. The van der Waals surface area contributed by atoms with E-state index >= 15 is 0 Å². The highest BCUT2D eigenvalue weighted by Crippen LogP contribution is 2.28. The summed E-state index contributed by atoms with van der Waals surface area (Å²) in [5.41, 5.74) is 4.01. The normalized spacial score (nSPS) is 11.1. The van der Waals surface area contributed by atoms with Gasteiger partial charge in [-0.2, -0.15) is 11.3 Å². The number of hydrogen-bond acceptors (Lipinski definition) is 2. The molecular weight excluding hydrogens is 294 g/mol. The lowest BCUT2D eigenvalue weighted by molar-refractivity contribution is 0.590. The maximum absolute atomic E-state index is 3.47. The highest BCUT2D eigenvalue weighted by atomic mass is 79.9. The van der Waals surface area contributed by atoms with Crippen LogP contribution < -0.4 is 5.32 Å². The summed E-state index contributed by atoms with van der Waals surface area (Å²) in [4.78, 5) is 0. The number of benzene rings is 1. The molecule has 0 atom stereocenters. The van der Waals surface area contributed by atoms with Crippen molar-refractivity contribution in [1.29, 1.82) is 0 Å². The Morgan fingerprint density at radius 3 is 2.53 bits per heavy atom. The third-order valence-electron chi connectivity index (χ3n) is 2.60. The van der Waals surface area contributed by atoms with Crippen molar-refractivity contribution in [3.8, 4) is 11.1 Å². The van der Waals surface area contributed by atoms with Crippen LogP contribution in [-0.4, -0.2) is 6.04 Å². The van der Waals surface area contributed by atoms with E-state index in [1.54, 1.807) is 11.3 Å². The first-order valence-electron chi connectivity index (χ1n) is 5.71. The summed E-state index contributed by atoms with van der Waals surface area (Å²) in [5, 5.41) is 7.92. The first kappa shape index (κ1) is 12.8. The van der Waals surface area contributed by atoms with Gasteiger partial charge in [-0.25, -0.2) is 0 Å². The first-order valence-corrected chi connectivity index (χ1v) is 7.45. The molecule has 0 saturated heterocycles. The average molecular weight is 310 g/mol. The number of hydrogen-bond donors (Lipinski definition) is 1. The van der Waals surface area contributed by atoms with Gasteiger partial charge in [-0.15, -0.1) is 0 Å². The molecule has 0 amide bonds. The van der Waals surface area contributed by atoms with Gasteiger partial charge in [0.25, 0.3) is 0 Å². The second kappa shape index (κ2) is 5.80. The van der Waals surface area contributed by atoms with Gasteiger partial charge in [0.05, 0.1) is 0 Å². The van der Waals surface area contributed by atoms with Crippen LogP contribution in [0.2, 0.25) is 0 Å². The standard InChI is InChI=1S/C14H16BrNS/c1-10(2)16-7-12-8-17-9-14(12)11-3-5-13(15)6-4-11/h3-6,8-10,16H,7H2,1-2H3. The van der Waals surface area contributed by atoms with E-state index in [1.165, 1.54) is 16.7 Å². The Hall–Kier alpha value is -0.640. The smallest absolute Gasteiger partial charge is 0.0222 e. The zero-order chi connectivity index (χ0) is 12.3. The topological polar surface area (TPSA) is 12.0 Å². The third kappa shape index (κ3) is 3.41. The molecule has 0 unspecified atom stereocenters. The number of halogens is 1. The lowest BCUT2D eigenvalue weighted by Crippen LogP contribution is -2.21. The van der Waals surface area contributed by atoms with Crippen LogP contribution in [0, 0.1) is 0 Å². The van der Waals surface area contributed by atoms with Crippen molar-refractivity contribution in [1.82, 2.24) is 5.32 Å². The molecule has 0 fully saturated rings. The summed E-state index contributed by atoms with van der Waals surface area (Å²) in [5.74, 6) is 0. The zero-order valence-corrected chi connectivity index (χ0v) is 12.4.